The number of carboxylic acids is 1. The molecule has 2 aromatic rings. The summed E-state index contributed by atoms with van der Waals surface area (Å²) in [6, 6.07) is 5.80. The summed E-state index contributed by atoms with van der Waals surface area (Å²) in [7, 11) is 0. The maximum atomic E-state index is 11.3. The number of aromatic nitrogens is 3. The average molecular weight is 303 g/mol. The minimum absolute atomic E-state index is 0.0500. The zero-order valence-electron chi connectivity index (χ0n) is 13.3. The summed E-state index contributed by atoms with van der Waals surface area (Å²) in [4.78, 5) is 11.3. The maximum Gasteiger partial charge on any atom is 0.358 e. The van der Waals surface area contributed by atoms with Crippen LogP contribution in [0.2, 0.25) is 0 Å². The molecular weight excluding hydrogens is 282 g/mol. The van der Waals surface area contributed by atoms with Crippen molar-refractivity contribution in [3.05, 3.63) is 40.7 Å². The number of aromatic carboxylic acids is 1. The first-order chi connectivity index (χ1) is 10.4. The maximum absolute atomic E-state index is 11.3. The van der Waals surface area contributed by atoms with Crippen LogP contribution < -0.4 is 4.74 Å². The fourth-order valence-electron chi connectivity index (χ4n) is 2.16. The molecule has 0 aliphatic carbocycles. The van der Waals surface area contributed by atoms with Crippen LogP contribution in [-0.4, -0.2) is 26.1 Å². The van der Waals surface area contributed by atoms with Gasteiger partial charge in [0.2, 0.25) is 0 Å². The van der Waals surface area contributed by atoms with Crippen LogP contribution in [0.15, 0.2) is 18.2 Å². The van der Waals surface area contributed by atoms with Crippen LogP contribution in [0.5, 0.6) is 5.75 Å². The normalized spacial score (nSPS) is 11.0. The van der Waals surface area contributed by atoms with Crippen LogP contribution in [0.1, 0.15) is 41.2 Å². The fourth-order valence-corrected chi connectivity index (χ4v) is 2.16. The molecule has 1 aromatic heterocycles. The first-order valence-corrected chi connectivity index (χ1v) is 7.24. The molecular formula is C16H21N3O3. The van der Waals surface area contributed by atoms with Crippen LogP contribution >= 0.6 is 0 Å². The van der Waals surface area contributed by atoms with E-state index in [1.54, 1.807) is 4.68 Å². The van der Waals surface area contributed by atoms with Gasteiger partial charge in [-0.05, 0) is 37.0 Å². The van der Waals surface area contributed by atoms with Crippen molar-refractivity contribution in [1.82, 2.24) is 15.0 Å². The summed E-state index contributed by atoms with van der Waals surface area (Å²) in [6.07, 6.45) is 0. The molecule has 0 aliphatic rings. The third-order valence-electron chi connectivity index (χ3n) is 3.50. The molecule has 0 aliphatic heterocycles. The molecule has 1 N–H and O–H groups in total. The van der Waals surface area contributed by atoms with Crippen molar-refractivity contribution in [3.8, 4) is 5.75 Å². The second-order valence-electron chi connectivity index (χ2n) is 5.75. The van der Waals surface area contributed by atoms with E-state index >= 15 is 0 Å². The standard InChI is InChI=1S/C16H21N3O3/c1-10(2)8-19-13(15(16(20)21)17-18-19)9-22-14-7-5-6-11(3)12(14)4/h5-7,10H,8-9H2,1-4H3,(H,20,21). The van der Waals surface area contributed by atoms with Crippen molar-refractivity contribution in [1.29, 1.82) is 0 Å². The third-order valence-corrected chi connectivity index (χ3v) is 3.50. The average Bonchev–Trinajstić information content (AvgIpc) is 2.83. The zero-order chi connectivity index (χ0) is 16.3. The Bertz CT molecular complexity index is 677. The van der Waals surface area contributed by atoms with Gasteiger partial charge < -0.3 is 9.84 Å². The van der Waals surface area contributed by atoms with E-state index in [1.165, 1.54) is 0 Å². The number of rotatable bonds is 6. The molecule has 6 nitrogen and oxygen atoms in total. The van der Waals surface area contributed by atoms with E-state index in [1.807, 2.05) is 45.9 Å². The smallest absolute Gasteiger partial charge is 0.358 e. The second kappa shape index (κ2) is 6.60. The van der Waals surface area contributed by atoms with Crippen LogP contribution in [-0.2, 0) is 13.2 Å². The van der Waals surface area contributed by atoms with Crippen LogP contribution in [0.4, 0.5) is 0 Å². The molecule has 1 aromatic carbocycles. The third kappa shape index (κ3) is 3.44. The van der Waals surface area contributed by atoms with Crippen molar-refractivity contribution in [3.63, 3.8) is 0 Å². The Morgan fingerprint density at radius 2 is 2.09 bits per heavy atom. The van der Waals surface area contributed by atoms with Crippen LogP contribution in [0.25, 0.3) is 0 Å². The molecule has 118 valence electrons. The van der Waals surface area contributed by atoms with E-state index in [4.69, 9.17) is 4.74 Å². The molecule has 0 unspecified atom stereocenters. The molecule has 0 radical (unpaired) electrons. The van der Waals surface area contributed by atoms with Gasteiger partial charge >= 0.3 is 5.97 Å². The summed E-state index contributed by atoms with van der Waals surface area (Å²) < 4.78 is 7.42. The van der Waals surface area contributed by atoms with E-state index in [2.05, 4.69) is 10.3 Å². The lowest BCUT2D eigenvalue weighted by Gasteiger charge is -2.13. The molecule has 2 rings (SSSR count). The van der Waals surface area contributed by atoms with Gasteiger partial charge in [0, 0.05) is 6.54 Å². The van der Waals surface area contributed by atoms with E-state index in [0.29, 0.717) is 18.2 Å². The number of carbonyl (C=O) groups is 1. The zero-order valence-corrected chi connectivity index (χ0v) is 13.3. The molecule has 0 saturated carbocycles. The van der Waals surface area contributed by atoms with E-state index < -0.39 is 5.97 Å². The molecule has 6 heteroatoms. The Hall–Kier alpha value is -2.37. The Morgan fingerprint density at radius 3 is 2.73 bits per heavy atom. The second-order valence-corrected chi connectivity index (χ2v) is 5.75. The summed E-state index contributed by atoms with van der Waals surface area (Å²) >= 11 is 0. The van der Waals surface area contributed by atoms with Gasteiger partial charge in [-0.1, -0.05) is 31.2 Å². The topological polar surface area (TPSA) is 77.2 Å². The first-order valence-electron chi connectivity index (χ1n) is 7.24. The van der Waals surface area contributed by atoms with Gasteiger partial charge in [0.25, 0.3) is 0 Å². The van der Waals surface area contributed by atoms with Crippen molar-refractivity contribution in [2.45, 2.75) is 40.8 Å². The van der Waals surface area contributed by atoms with Crippen molar-refractivity contribution in [2.24, 2.45) is 5.92 Å². The fraction of sp³-hybridized carbons (Fsp3) is 0.438. The molecule has 1 heterocycles. The molecule has 0 amide bonds. The lowest BCUT2D eigenvalue weighted by atomic mass is 10.1. The van der Waals surface area contributed by atoms with Crippen molar-refractivity contribution >= 4 is 5.97 Å². The highest BCUT2D eigenvalue weighted by Gasteiger charge is 2.20. The monoisotopic (exact) mass is 303 g/mol. The number of aryl methyl sites for hydroxylation is 1. The molecule has 22 heavy (non-hydrogen) atoms. The lowest BCUT2D eigenvalue weighted by Crippen LogP contribution is -2.14. The molecule has 0 bridgehead atoms. The van der Waals surface area contributed by atoms with Gasteiger partial charge in [0.1, 0.15) is 18.1 Å². The highest BCUT2D eigenvalue weighted by molar-refractivity contribution is 5.86. The summed E-state index contributed by atoms with van der Waals surface area (Å²) in [5, 5.41) is 16.9. The van der Waals surface area contributed by atoms with Crippen LogP contribution in [0, 0.1) is 19.8 Å². The van der Waals surface area contributed by atoms with Crippen molar-refractivity contribution in [2.75, 3.05) is 0 Å². The number of carboxylic acid groups (broad SMARTS) is 1. The Labute approximate surface area is 129 Å². The Balaban J connectivity index is 2.25. The highest BCUT2D eigenvalue weighted by atomic mass is 16.5. The van der Waals surface area contributed by atoms with Gasteiger partial charge in [-0.15, -0.1) is 5.10 Å². The number of nitrogens with zero attached hydrogens (tertiary/aromatic N) is 3. The number of hydrogen-bond acceptors (Lipinski definition) is 4. The molecule has 0 spiro atoms. The van der Waals surface area contributed by atoms with Gasteiger partial charge in [-0.25, -0.2) is 9.48 Å². The van der Waals surface area contributed by atoms with Crippen molar-refractivity contribution < 1.29 is 14.6 Å². The van der Waals surface area contributed by atoms with Gasteiger partial charge in [-0.3, -0.25) is 0 Å². The molecule has 0 fully saturated rings. The quantitative estimate of drug-likeness (QED) is 0.888. The van der Waals surface area contributed by atoms with Gasteiger partial charge in [0.15, 0.2) is 5.69 Å². The first kappa shape index (κ1) is 16.0. The highest BCUT2D eigenvalue weighted by Crippen LogP contribution is 2.22. The predicted octanol–water partition coefficient (Wildman–Crippen LogP) is 2.83. The molecule has 0 atom stereocenters. The van der Waals surface area contributed by atoms with E-state index in [0.717, 1.165) is 16.9 Å². The SMILES string of the molecule is Cc1cccc(OCc2c(C(=O)O)nnn2CC(C)C)c1C. The van der Waals surface area contributed by atoms with Gasteiger partial charge in [0.05, 0.1) is 0 Å². The number of hydrogen-bond donors (Lipinski definition) is 1. The van der Waals surface area contributed by atoms with E-state index in [-0.39, 0.29) is 12.3 Å². The summed E-state index contributed by atoms with van der Waals surface area (Å²) in [5.74, 6) is -0.00833. The minimum Gasteiger partial charge on any atom is -0.487 e. The summed E-state index contributed by atoms with van der Waals surface area (Å²) in [5.41, 5.74) is 2.61. The Morgan fingerprint density at radius 1 is 1.36 bits per heavy atom. The van der Waals surface area contributed by atoms with Crippen LogP contribution in [0.3, 0.4) is 0 Å². The van der Waals surface area contributed by atoms with Gasteiger partial charge in [-0.2, -0.15) is 0 Å². The number of ether oxygens (including phenoxy) is 1. The minimum atomic E-state index is -1.09. The molecule has 0 saturated heterocycles. The Kier molecular flexibility index (Phi) is 4.80. The summed E-state index contributed by atoms with van der Waals surface area (Å²) in [6.45, 7) is 8.80. The lowest BCUT2D eigenvalue weighted by molar-refractivity contribution is 0.0687. The van der Waals surface area contributed by atoms with E-state index in [9.17, 15) is 9.90 Å². The number of benzene rings is 1. The largest absolute Gasteiger partial charge is 0.487 e. The predicted molar refractivity (Wildman–Crippen MR) is 82.1 cm³/mol.